The van der Waals surface area contributed by atoms with E-state index < -0.39 is 5.97 Å². The first-order chi connectivity index (χ1) is 9.58. The Labute approximate surface area is 119 Å². The minimum atomic E-state index is -0.675. The van der Waals surface area contributed by atoms with E-state index in [0.29, 0.717) is 6.54 Å². The van der Waals surface area contributed by atoms with Crippen LogP contribution in [0.1, 0.15) is 44.2 Å². The number of rotatable bonds is 5. The first kappa shape index (κ1) is 15.0. The Morgan fingerprint density at radius 2 is 2.00 bits per heavy atom. The number of carbonyl (C=O) groups is 1. The number of carboxylic acids is 1. The maximum absolute atomic E-state index is 12.9. The molecule has 2 N–H and O–H groups in total. The summed E-state index contributed by atoms with van der Waals surface area (Å²) in [6, 6.07) is 6.54. The van der Waals surface area contributed by atoms with E-state index in [1.165, 1.54) is 12.1 Å². The standard InChI is InChI=1S/C16H22FNO2/c1-11(12-6-8-14(17)9-7-12)18-10-13-4-2-3-5-15(13)16(19)20/h6-9,11,13,15,18H,2-5,10H2,1H3,(H,19,20). The zero-order valence-electron chi connectivity index (χ0n) is 11.8. The van der Waals surface area contributed by atoms with Gasteiger partial charge in [0.15, 0.2) is 0 Å². The number of aliphatic carboxylic acids is 1. The topological polar surface area (TPSA) is 49.3 Å². The molecule has 4 heteroatoms. The molecule has 3 atom stereocenters. The van der Waals surface area contributed by atoms with Crippen molar-refractivity contribution in [2.24, 2.45) is 11.8 Å². The normalized spacial score (nSPS) is 24.3. The maximum atomic E-state index is 12.9. The molecule has 0 amide bonds. The Bertz CT molecular complexity index is 446. The minimum Gasteiger partial charge on any atom is -0.481 e. The van der Waals surface area contributed by atoms with Gasteiger partial charge in [-0.15, -0.1) is 0 Å². The Kier molecular flexibility index (Phi) is 5.12. The molecular formula is C16H22FNO2. The van der Waals surface area contributed by atoms with Crippen LogP contribution in [0.4, 0.5) is 4.39 Å². The van der Waals surface area contributed by atoms with Gasteiger partial charge in [-0.05, 0) is 49.9 Å². The smallest absolute Gasteiger partial charge is 0.306 e. The number of hydrogen-bond acceptors (Lipinski definition) is 2. The molecule has 0 heterocycles. The average molecular weight is 279 g/mol. The van der Waals surface area contributed by atoms with E-state index in [9.17, 15) is 14.3 Å². The predicted molar refractivity (Wildman–Crippen MR) is 75.9 cm³/mol. The number of carboxylic acid groups (broad SMARTS) is 1. The van der Waals surface area contributed by atoms with Crippen LogP contribution >= 0.6 is 0 Å². The Balaban J connectivity index is 1.90. The van der Waals surface area contributed by atoms with Gasteiger partial charge in [0, 0.05) is 6.04 Å². The summed E-state index contributed by atoms with van der Waals surface area (Å²) in [6.45, 7) is 2.72. The second kappa shape index (κ2) is 6.84. The van der Waals surface area contributed by atoms with Crippen molar-refractivity contribution in [3.8, 4) is 0 Å². The Morgan fingerprint density at radius 1 is 1.35 bits per heavy atom. The zero-order chi connectivity index (χ0) is 14.5. The van der Waals surface area contributed by atoms with Crippen LogP contribution < -0.4 is 5.32 Å². The largest absolute Gasteiger partial charge is 0.481 e. The van der Waals surface area contributed by atoms with Crippen molar-refractivity contribution in [3.05, 3.63) is 35.6 Å². The molecule has 0 aliphatic heterocycles. The van der Waals surface area contributed by atoms with Crippen LogP contribution in [0.3, 0.4) is 0 Å². The van der Waals surface area contributed by atoms with Crippen molar-refractivity contribution >= 4 is 5.97 Å². The van der Waals surface area contributed by atoms with E-state index in [0.717, 1.165) is 31.2 Å². The fraction of sp³-hybridized carbons (Fsp3) is 0.562. The molecule has 0 spiro atoms. The summed E-state index contributed by atoms with van der Waals surface area (Å²) in [7, 11) is 0. The van der Waals surface area contributed by atoms with Gasteiger partial charge in [-0.3, -0.25) is 4.79 Å². The molecule has 20 heavy (non-hydrogen) atoms. The second-order valence-electron chi connectivity index (χ2n) is 5.67. The van der Waals surface area contributed by atoms with E-state index >= 15 is 0 Å². The Hall–Kier alpha value is -1.42. The lowest BCUT2D eigenvalue weighted by Crippen LogP contribution is -2.35. The molecule has 1 saturated carbocycles. The molecule has 3 nitrogen and oxygen atoms in total. The van der Waals surface area contributed by atoms with Crippen molar-refractivity contribution in [1.29, 1.82) is 0 Å². The molecule has 3 unspecified atom stereocenters. The van der Waals surface area contributed by atoms with Crippen LogP contribution in [0.5, 0.6) is 0 Å². The van der Waals surface area contributed by atoms with Crippen molar-refractivity contribution in [3.63, 3.8) is 0 Å². The van der Waals surface area contributed by atoms with Gasteiger partial charge in [0.2, 0.25) is 0 Å². The number of hydrogen-bond donors (Lipinski definition) is 2. The van der Waals surface area contributed by atoms with Crippen molar-refractivity contribution in [1.82, 2.24) is 5.32 Å². The summed E-state index contributed by atoms with van der Waals surface area (Å²) in [4.78, 5) is 11.2. The third-order valence-electron chi connectivity index (χ3n) is 4.28. The maximum Gasteiger partial charge on any atom is 0.306 e. The summed E-state index contributed by atoms with van der Waals surface area (Å²) in [5.74, 6) is -0.939. The molecule has 1 aromatic rings. The van der Waals surface area contributed by atoms with E-state index in [1.807, 2.05) is 6.92 Å². The van der Waals surface area contributed by atoms with Gasteiger partial charge in [-0.2, -0.15) is 0 Å². The molecule has 2 rings (SSSR count). The van der Waals surface area contributed by atoms with Crippen molar-refractivity contribution < 1.29 is 14.3 Å². The molecule has 1 aromatic carbocycles. The molecule has 1 fully saturated rings. The monoisotopic (exact) mass is 279 g/mol. The first-order valence-corrected chi connectivity index (χ1v) is 7.29. The number of benzene rings is 1. The van der Waals surface area contributed by atoms with Crippen LogP contribution in [-0.4, -0.2) is 17.6 Å². The highest BCUT2D eigenvalue weighted by molar-refractivity contribution is 5.70. The van der Waals surface area contributed by atoms with Crippen LogP contribution in [0.15, 0.2) is 24.3 Å². The fourth-order valence-corrected chi connectivity index (χ4v) is 2.97. The number of nitrogens with one attached hydrogen (secondary N) is 1. The third-order valence-corrected chi connectivity index (χ3v) is 4.28. The van der Waals surface area contributed by atoms with E-state index in [2.05, 4.69) is 5.32 Å². The van der Waals surface area contributed by atoms with Gasteiger partial charge in [0.25, 0.3) is 0 Å². The highest BCUT2D eigenvalue weighted by atomic mass is 19.1. The summed E-state index contributed by atoms with van der Waals surface area (Å²) in [5.41, 5.74) is 1.02. The molecule has 0 bridgehead atoms. The molecule has 1 aliphatic rings. The summed E-state index contributed by atoms with van der Waals surface area (Å²) in [6.07, 6.45) is 3.88. The highest BCUT2D eigenvalue weighted by Gasteiger charge is 2.30. The SMILES string of the molecule is CC(NCC1CCCCC1C(=O)O)c1ccc(F)cc1. The van der Waals surface area contributed by atoms with Crippen LogP contribution in [0, 0.1) is 17.7 Å². The average Bonchev–Trinajstić information content (AvgIpc) is 2.45. The molecule has 0 saturated heterocycles. The van der Waals surface area contributed by atoms with E-state index in [-0.39, 0.29) is 23.7 Å². The number of halogens is 1. The van der Waals surface area contributed by atoms with Crippen molar-refractivity contribution in [2.75, 3.05) is 6.54 Å². The highest BCUT2D eigenvalue weighted by Crippen LogP contribution is 2.30. The van der Waals surface area contributed by atoms with Gasteiger partial charge in [-0.25, -0.2) is 4.39 Å². The van der Waals surface area contributed by atoms with E-state index in [4.69, 9.17) is 0 Å². The molecule has 1 aliphatic carbocycles. The molecule has 0 radical (unpaired) electrons. The van der Waals surface area contributed by atoms with Crippen molar-refractivity contribution in [2.45, 2.75) is 38.6 Å². The Morgan fingerprint density at radius 3 is 2.65 bits per heavy atom. The lowest BCUT2D eigenvalue weighted by atomic mass is 9.79. The zero-order valence-corrected chi connectivity index (χ0v) is 11.8. The van der Waals surface area contributed by atoms with Gasteiger partial charge in [0.1, 0.15) is 5.82 Å². The molecule has 0 aromatic heterocycles. The van der Waals surface area contributed by atoms with Gasteiger partial charge < -0.3 is 10.4 Å². The molecular weight excluding hydrogens is 257 g/mol. The van der Waals surface area contributed by atoms with Gasteiger partial charge in [0.05, 0.1) is 5.92 Å². The van der Waals surface area contributed by atoms with Gasteiger partial charge >= 0.3 is 5.97 Å². The lowest BCUT2D eigenvalue weighted by molar-refractivity contribution is -0.144. The minimum absolute atomic E-state index is 0.104. The second-order valence-corrected chi connectivity index (χ2v) is 5.67. The first-order valence-electron chi connectivity index (χ1n) is 7.29. The summed E-state index contributed by atoms with van der Waals surface area (Å²) < 4.78 is 12.9. The third kappa shape index (κ3) is 3.79. The van der Waals surface area contributed by atoms with Crippen LogP contribution in [0.2, 0.25) is 0 Å². The molecule has 110 valence electrons. The van der Waals surface area contributed by atoms with Crippen LogP contribution in [-0.2, 0) is 4.79 Å². The fourth-order valence-electron chi connectivity index (χ4n) is 2.97. The summed E-state index contributed by atoms with van der Waals surface area (Å²) >= 11 is 0. The van der Waals surface area contributed by atoms with E-state index in [1.54, 1.807) is 12.1 Å². The predicted octanol–water partition coefficient (Wildman–Crippen LogP) is 3.37. The summed E-state index contributed by atoms with van der Waals surface area (Å²) in [5, 5.41) is 12.6. The van der Waals surface area contributed by atoms with Crippen LogP contribution in [0.25, 0.3) is 0 Å². The van der Waals surface area contributed by atoms with Gasteiger partial charge in [-0.1, -0.05) is 25.0 Å². The lowest BCUT2D eigenvalue weighted by Gasteiger charge is -2.30. The quantitative estimate of drug-likeness (QED) is 0.869.